The third-order valence-electron chi connectivity index (χ3n) is 1.95. The van der Waals surface area contributed by atoms with E-state index in [1.165, 1.54) is 0 Å². The molecule has 1 rings (SSSR count). The first-order valence-corrected chi connectivity index (χ1v) is 4.16. The van der Waals surface area contributed by atoms with Crippen molar-refractivity contribution in [3.63, 3.8) is 0 Å². The van der Waals surface area contributed by atoms with Gasteiger partial charge in [0.05, 0.1) is 11.3 Å². The van der Waals surface area contributed by atoms with Crippen molar-refractivity contribution >= 4 is 5.82 Å². The van der Waals surface area contributed by atoms with E-state index >= 15 is 0 Å². The number of nitrogens with two attached hydrogens (primary N) is 1. The van der Waals surface area contributed by atoms with E-state index in [0.29, 0.717) is 12.2 Å². The van der Waals surface area contributed by atoms with Crippen molar-refractivity contribution in [3.8, 4) is 0 Å². The molecule has 1 aromatic rings. The van der Waals surface area contributed by atoms with Crippen LogP contribution < -0.4 is 5.73 Å². The highest BCUT2D eigenvalue weighted by molar-refractivity contribution is 5.33. The summed E-state index contributed by atoms with van der Waals surface area (Å²) in [5, 5.41) is 0. The van der Waals surface area contributed by atoms with Crippen LogP contribution in [0.2, 0.25) is 0 Å². The molecule has 0 amide bonds. The lowest BCUT2D eigenvalue weighted by Crippen LogP contribution is -2.26. The van der Waals surface area contributed by atoms with Crippen molar-refractivity contribution in [3.05, 3.63) is 18.1 Å². The Hall–Kier alpha value is -1.16. The molecule has 0 aliphatic rings. The van der Waals surface area contributed by atoms with Crippen molar-refractivity contribution in [1.82, 2.24) is 9.97 Å². The molecule has 0 spiro atoms. The first-order valence-electron chi connectivity index (χ1n) is 4.16. The van der Waals surface area contributed by atoms with Gasteiger partial charge in [0, 0.05) is 25.9 Å². The molecule has 1 heterocycles. The molecule has 0 unspecified atom stereocenters. The predicted octanol–water partition coefficient (Wildman–Crippen LogP) is 1.03. The van der Waals surface area contributed by atoms with E-state index in [-0.39, 0.29) is 5.60 Å². The zero-order chi connectivity index (χ0) is 9.90. The molecule has 0 aliphatic heterocycles. The summed E-state index contributed by atoms with van der Waals surface area (Å²) in [4.78, 5) is 8.10. The molecule has 72 valence electrons. The molecule has 1 aromatic heterocycles. The standard InChI is InChI=1S/C9H15N3O/c1-9(2,13-3)6-7-8(10)12-5-4-11-7/h4-5H,6H2,1-3H3,(H2,10,12). The molecule has 0 aliphatic carbocycles. The van der Waals surface area contributed by atoms with Crippen LogP contribution in [0.15, 0.2) is 12.4 Å². The van der Waals surface area contributed by atoms with Gasteiger partial charge in [-0.1, -0.05) is 0 Å². The van der Waals surface area contributed by atoms with Crippen molar-refractivity contribution < 1.29 is 4.74 Å². The number of ether oxygens (including phenoxy) is 1. The number of nitrogen functional groups attached to an aromatic ring is 1. The third kappa shape index (κ3) is 2.66. The van der Waals surface area contributed by atoms with E-state index in [4.69, 9.17) is 10.5 Å². The fourth-order valence-corrected chi connectivity index (χ4v) is 0.989. The molecule has 2 N–H and O–H groups in total. The summed E-state index contributed by atoms with van der Waals surface area (Å²) in [6.07, 6.45) is 3.89. The van der Waals surface area contributed by atoms with E-state index in [9.17, 15) is 0 Å². The quantitative estimate of drug-likeness (QED) is 0.756. The van der Waals surface area contributed by atoms with E-state index in [1.807, 2.05) is 13.8 Å². The molecule has 0 aromatic carbocycles. The van der Waals surface area contributed by atoms with Crippen molar-refractivity contribution in [2.45, 2.75) is 25.9 Å². The highest BCUT2D eigenvalue weighted by Crippen LogP contribution is 2.16. The minimum atomic E-state index is -0.246. The summed E-state index contributed by atoms with van der Waals surface area (Å²) in [5.74, 6) is 0.479. The van der Waals surface area contributed by atoms with E-state index in [0.717, 1.165) is 5.69 Å². The summed E-state index contributed by atoms with van der Waals surface area (Å²) in [6.45, 7) is 3.97. The molecule has 0 saturated carbocycles. The van der Waals surface area contributed by atoms with Crippen LogP contribution in [0, 0.1) is 0 Å². The summed E-state index contributed by atoms with van der Waals surface area (Å²) >= 11 is 0. The van der Waals surface area contributed by atoms with Gasteiger partial charge in [-0.15, -0.1) is 0 Å². The van der Waals surface area contributed by atoms with Gasteiger partial charge in [-0.25, -0.2) is 4.98 Å². The van der Waals surface area contributed by atoms with Crippen LogP contribution in [0.3, 0.4) is 0 Å². The van der Waals surface area contributed by atoms with Gasteiger partial charge in [0.15, 0.2) is 0 Å². The minimum absolute atomic E-state index is 0.246. The van der Waals surface area contributed by atoms with Gasteiger partial charge in [0.25, 0.3) is 0 Å². The summed E-state index contributed by atoms with van der Waals surface area (Å²) in [7, 11) is 1.67. The molecule has 0 saturated heterocycles. The molecule has 0 atom stereocenters. The number of hydrogen-bond acceptors (Lipinski definition) is 4. The van der Waals surface area contributed by atoms with Gasteiger partial charge in [-0.3, -0.25) is 4.98 Å². The van der Waals surface area contributed by atoms with Gasteiger partial charge in [0.2, 0.25) is 0 Å². The fraction of sp³-hybridized carbons (Fsp3) is 0.556. The van der Waals surface area contributed by atoms with E-state index in [2.05, 4.69) is 9.97 Å². The van der Waals surface area contributed by atoms with Gasteiger partial charge >= 0.3 is 0 Å². The van der Waals surface area contributed by atoms with Crippen molar-refractivity contribution in [1.29, 1.82) is 0 Å². The molecule has 4 heteroatoms. The molecular formula is C9H15N3O. The molecule has 13 heavy (non-hydrogen) atoms. The fourth-order valence-electron chi connectivity index (χ4n) is 0.989. The van der Waals surface area contributed by atoms with E-state index < -0.39 is 0 Å². The number of methoxy groups -OCH3 is 1. The van der Waals surface area contributed by atoms with Crippen LogP contribution in [0.25, 0.3) is 0 Å². The normalized spacial score (nSPS) is 11.6. The second-order valence-electron chi connectivity index (χ2n) is 3.53. The topological polar surface area (TPSA) is 61.0 Å². The number of nitrogens with zero attached hydrogens (tertiary/aromatic N) is 2. The predicted molar refractivity (Wildman–Crippen MR) is 51.2 cm³/mol. The van der Waals surface area contributed by atoms with Gasteiger partial charge < -0.3 is 10.5 Å². The summed E-state index contributed by atoms with van der Waals surface area (Å²) in [6, 6.07) is 0. The Morgan fingerprint density at radius 3 is 2.54 bits per heavy atom. The van der Waals surface area contributed by atoms with Crippen molar-refractivity contribution in [2.75, 3.05) is 12.8 Å². The maximum absolute atomic E-state index is 5.65. The van der Waals surface area contributed by atoms with Crippen LogP contribution >= 0.6 is 0 Å². The van der Waals surface area contributed by atoms with Crippen LogP contribution in [0.4, 0.5) is 5.82 Å². The zero-order valence-corrected chi connectivity index (χ0v) is 8.24. The Labute approximate surface area is 78.1 Å². The van der Waals surface area contributed by atoms with Gasteiger partial charge in [-0.05, 0) is 13.8 Å². The lowest BCUT2D eigenvalue weighted by Gasteiger charge is -2.22. The zero-order valence-electron chi connectivity index (χ0n) is 8.24. The lowest BCUT2D eigenvalue weighted by molar-refractivity contribution is 0.0225. The molecule has 4 nitrogen and oxygen atoms in total. The first-order chi connectivity index (χ1) is 6.05. The smallest absolute Gasteiger partial charge is 0.145 e. The molecule has 0 fully saturated rings. The molecule has 0 bridgehead atoms. The van der Waals surface area contributed by atoms with Crippen LogP contribution in [0.5, 0.6) is 0 Å². The molecular weight excluding hydrogens is 166 g/mol. The average molecular weight is 181 g/mol. The Morgan fingerprint density at radius 2 is 2.00 bits per heavy atom. The Bertz CT molecular complexity index is 286. The highest BCUT2D eigenvalue weighted by atomic mass is 16.5. The Kier molecular flexibility index (Phi) is 2.83. The largest absolute Gasteiger partial charge is 0.382 e. The highest BCUT2D eigenvalue weighted by Gasteiger charge is 2.19. The van der Waals surface area contributed by atoms with Gasteiger partial charge in [0.1, 0.15) is 5.82 Å². The summed E-state index contributed by atoms with van der Waals surface area (Å²) in [5.41, 5.74) is 6.19. The van der Waals surface area contributed by atoms with Gasteiger partial charge in [-0.2, -0.15) is 0 Å². The Balaban J connectivity index is 2.80. The summed E-state index contributed by atoms with van der Waals surface area (Å²) < 4.78 is 5.27. The molecule has 0 radical (unpaired) electrons. The second kappa shape index (κ2) is 3.70. The maximum atomic E-state index is 5.65. The lowest BCUT2D eigenvalue weighted by atomic mass is 10.0. The van der Waals surface area contributed by atoms with E-state index in [1.54, 1.807) is 19.5 Å². The van der Waals surface area contributed by atoms with Crippen LogP contribution in [0.1, 0.15) is 19.5 Å². The Morgan fingerprint density at radius 1 is 1.38 bits per heavy atom. The number of hydrogen-bond donors (Lipinski definition) is 1. The van der Waals surface area contributed by atoms with Crippen molar-refractivity contribution in [2.24, 2.45) is 0 Å². The number of rotatable bonds is 3. The number of anilines is 1. The SMILES string of the molecule is COC(C)(C)Cc1nccnc1N. The monoisotopic (exact) mass is 181 g/mol. The van der Waals surface area contributed by atoms with Crippen LogP contribution in [-0.4, -0.2) is 22.7 Å². The number of aromatic nitrogens is 2. The van der Waals surface area contributed by atoms with Crippen LogP contribution in [-0.2, 0) is 11.2 Å². The minimum Gasteiger partial charge on any atom is -0.382 e. The first kappa shape index (κ1) is 9.92. The second-order valence-corrected chi connectivity index (χ2v) is 3.53. The third-order valence-corrected chi connectivity index (χ3v) is 1.95. The maximum Gasteiger partial charge on any atom is 0.145 e. The average Bonchev–Trinajstić information content (AvgIpc) is 2.09.